The molecule has 0 bridgehead atoms. The van der Waals surface area contributed by atoms with Gasteiger partial charge in [-0.25, -0.2) is 4.68 Å². The summed E-state index contributed by atoms with van der Waals surface area (Å²) >= 11 is 0. The van der Waals surface area contributed by atoms with Gasteiger partial charge in [0.2, 0.25) is 0 Å². The van der Waals surface area contributed by atoms with E-state index < -0.39 is 11.8 Å². The predicted octanol–water partition coefficient (Wildman–Crippen LogP) is 1.91. The number of aromatic nitrogens is 2. The molecule has 4 rings (SSSR count). The first-order chi connectivity index (χ1) is 13.5. The zero-order valence-corrected chi connectivity index (χ0v) is 14.9. The normalized spacial score (nSPS) is 10.9. The number of rotatable bonds is 3. The van der Waals surface area contributed by atoms with Crippen LogP contribution in [0.4, 0.5) is 0 Å². The minimum atomic E-state index is -0.591. The Balaban J connectivity index is 1.46. The molecule has 8 heteroatoms. The maximum absolute atomic E-state index is 12.4. The van der Waals surface area contributed by atoms with Crippen molar-refractivity contribution in [2.45, 2.75) is 13.5 Å². The van der Waals surface area contributed by atoms with Gasteiger partial charge in [-0.05, 0) is 19.1 Å². The molecule has 0 aliphatic carbocycles. The summed E-state index contributed by atoms with van der Waals surface area (Å²) in [6, 6.07) is 14.2. The summed E-state index contributed by atoms with van der Waals surface area (Å²) in [6.45, 7) is 1.43. The molecule has 2 aromatic heterocycles. The van der Waals surface area contributed by atoms with E-state index in [0.717, 1.165) is 10.1 Å². The number of fused-ring (bicyclic) bond motifs is 2. The second-order valence-electron chi connectivity index (χ2n) is 6.25. The molecule has 0 saturated carbocycles. The highest BCUT2D eigenvalue weighted by Crippen LogP contribution is 2.24. The Morgan fingerprint density at radius 2 is 1.75 bits per heavy atom. The number of amides is 2. The number of hydrogen-bond donors (Lipinski definition) is 2. The molecular weight excluding hydrogens is 360 g/mol. The molecule has 2 N–H and O–H groups in total. The summed E-state index contributed by atoms with van der Waals surface area (Å²) in [7, 11) is 0. The maximum atomic E-state index is 12.4. The van der Waals surface area contributed by atoms with Crippen LogP contribution in [0.15, 0.2) is 63.9 Å². The van der Waals surface area contributed by atoms with Gasteiger partial charge in [-0.2, -0.15) is 5.10 Å². The van der Waals surface area contributed by atoms with E-state index in [4.69, 9.17) is 4.42 Å². The number of aryl methyl sites for hydroxylation is 1. The van der Waals surface area contributed by atoms with Crippen LogP contribution in [-0.4, -0.2) is 21.6 Å². The van der Waals surface area contributed by atoms with Crippen LogP contribution in [0.5, 0.6) is 0 Å². The quantitative estimate of drug-likeness (QED) is 0.531. The van der Waals surface area contributed by atoms with Crippen molar-refractivity contribution >= 4 is 33.6 Å². The van der Waals surface area contributed by atoms with Gasteiger partial charge < -0.3 is 4.42 Å². The third-order valence-corrected chi connectivity index (χ3v) is 4.42. The lowest BCUT2D eigenvalue weighted by atomic mass is 10.1. The number of carbonyl (C=O) groups excluding carboxylic acids is 2. The van der Waals surface area contributed by atoms with Crippen LogP contribution in [0, 0.1) is 6.92 Å². The lowest BCUT2D eigenvalue weighted by Crippen LogP contribution is -2.44. The second-order valence-corrected chi connectivity index (χ2v) is 6.25. The highest BCUT2D eigenvalue weighted by molar-refractivity contribution is 5.99. The van der Waals surface area contributed by atoms with Crippen molar-refractivity contribution in [2.24, 2.45) is 0 Å². The van der Waals surface area contributed by atoms with E-state index in [1.807, 2.05) is 18.2 Å². The third-order valence-electron chi connectivity index (χ3n) is 4.42. The zero-order chi connectivity index (χ0) is 19.7. The fourth-order valence-corrected chi connectivity index (χ4v) is 2.99. The smallest absolute Gasteiger partial charge is 0.305 e. The Labute approximate surface area is 158 Å². The Bertz CT molecular complexity index is 1270. The molecule has 4 aromatic rings. The van der Waals surface area contributed by atoms with Crippen molar-refractivity contribution in [3.05, 3.63) is 76.4 Å². The minimum absolute atomic E-state index is 0.113. The topological polar surface area (TPSA) is 106 Å². The van der Waals surface area contributed by atoms with Crippen LogP contribution in [0.2, 0.25) is 0 Å². The molecule has 2 aromatic carbocycles. The SMILES string of the molecule is Cc1c(C(=O)NNC(=O)Cn2ncc3ccccc3c2=O)oc2ccccc12. The van der Waals surface area contributed by atoms with E-state index in [2.05, 4.69) is 16.0 Å². The Kier molecular flexibility index (Phi) is 4.36. The number of hydrogen-bond acceptors (Lipinski definition) is 5. The van der Waals surface area contributed by atoms with Gasteiger partial charge >= 0.3 is 5.91 Å². The summed E-state index contributed by atoms with van der Waals surface area (Å²) < 4.78 is 6.59. The number of hydrazine groups is 1. The number of benzene rings is 2. The average Bonchev–Trinajstić information content (AvgIpc) is 3.05. The molecule has 2 amide bonds. The molecule has 2 heterocycles. The largest absolute Gasteiger partial charge is 0.451 e. The summed E-state index contributed by atoms with van der Waals surface area (Å²) in [5.74, 6) is -1.06. The highest BCUT2D eigenvalue weighted by atomic mass is 16.3. The van der Waals surface area contributed by atoms with Crippen LogP contribution in [0.3, 0.4) is 0 Å². The molecule has 140 valence electrons. The minimum Gasteiger partial charge on any atom is -0.451 e. The summed E-state index contributed by atoms with van der Waals surface area (Å²) in [5, 5.41) is 5.97. The van der Waals surface area contributed by atoms with Crippen molar-refractivity contribution in [3.63, 3.8) is 0 Å². The molecule has 28 heavy (non-hydrogen) atoms. The fraction of sp³-hybridized carbons (Fsp3) is 0.100. The second kappa shape index (κ2) is 6.99. The first-order valence-corrected chi connectivity index (χ1v) is 8.57. The number of carbonyl (C=O) groups is 2. The molecule has 0 saturated heterocycles. The van der Waals surface area contributed by atoms with Gasteiger partial charge in [-0.1, -0.05) is 36.4 Å². The van der Waals surface area contributed by atoms with E-state index in [1.54, 1.807) is 37.3 Å². The van der Waals surface area contributed by atoms with E-state index in [9.17, 15) is 14.4 Å². The van der Waals surface area contributed by atoms with Gasteiger partial charge in [0.05, 0.1) is 11.6 Å². The average molecular weight is 376 g/mol. The number of nitrogens with one attached hydrogen (secondary N) is 2. The first kappa shape index (κ1) is 17.5. The van der Waals surface area contributed by atoms with E-state index in [1.165, 1.54) is 6.20 Å². The molecule has 8 nitrogen and oxygen atoms in total. The first-order valence-electron chi connectivity index (χ1n) is 8.57. The standard InChI is InChI=1S/C20H16N4O4/c1-12-14-7-4-5-9-16(14)28-18(12)19(26)23-22-17(25)11-24-20(27)15-8-3-2-6-13(15)10-21-24/h2-10H,11H2,1H3,(H,22,25)(H,23,26). The van der Waals surface area contributed by atoms with Gasteiger partial charge in [-0.3, -0.25) is 25.2 Å². The highest BCUT2D eigenvalue weighted by Gasteiger charge is 2.18. The van der Waals surface area contributed by atoms with Crippen LogP contribution < -0.4 is 16.4 Å². The maximum Gasteiger partial charge on any atom is 0.305 e. The van der Waals surface area contributed by atoms with Gasteiger partial charge in [0.15, 0.2) is 5.76 Å². The molecule has 0 aliphatic heterocycles. The molecule has 0 aliphatic rings. The number of para-hydroxylation sites is 1. The van der Waals surface area contributed by atoms with Gasteiger partial charge in [0.25, 0.3) is 11.5 Å². The molecule has 0 spiro atoms. The number of nitrogens with zero attached hydrogens (tertiary/aromatic N) is 2. The van der Waals surface area contributed by atoms with Gasteiger partial charge in [0, 0.05) is 16.3 Å². The summed E-state index contributed by atoms with van der Waals surface area (Å²) in [6.07, 6.45) is 1.51. The summed E-state index contributed by atoms with van der Waals surface area (Å²) in [4.78, 5) is 36.9. The van der Waals surface area contributed by atoms with Gasteiger partial charge in [-0.15, -0.1) is 0 Å². The van der Waals surface area contributed by atoms with Crippen LogP contribution in [0.1, 0.15) is 16.1 Å². The molecule has 0 unspecified atom stereocenters. The molecule has 0 atom stereocenters. The predicted molar refractivity (Wildman–Crippen MR) is 103 cm³/mol. The Morgan fingerprint density at radius 1 is 1.04 bits per heavy atom. The van der Waals surface area contributed by atoms with E-state index in [-0.39, 0.29) is 17.9 Å². The van der Waals surface area contributed by atoms with Crippen LogP contribution in [-0.2, 0) is 11.3 Å². The Hall–Kier alpha value is -3.94. The van der Waals surface area contributed by atoms with Crippen LogP contribution >= 0.6 is 0 Å². The van der Waals surface area contributed by atoms with Crippen LogP contribution in [0.25, 0.3) is 21.7 Å². The lowest BCUT2D eigenvalue weighted by molar-refractivity contribution is -0.122. The lowest BCUT2D eigenvalue weighted by Gasteiger charge is -2.08. The monoisotopic (exact) mass is 376 g/mol. The Morgan fingerprint density at radius 3 is 2.54 bits per heavy atom. The molecule has 0 radical (unpaired) electrons. The van der Waals surface area contributed by atoms with E-state index >= 15 is 0 Å². The van der Waals surface area contributed by atoms with E-state index in [0.29, 0.717) is 21.9 Å². The van der Waals surface area contributed by atoms with Crippen molar-refractivity contribution in [3.8, 4) is 0 Å². The fourth-order valence-electron chi connectivity index (χ4n) is 2.99. The van der Waals surface area contributed by atoms with Crippen molar-refractivity contribution in [1.82, 2.24) is 20.6 Å². The number of furan rings is 1. The zero-order valence-electron chi connectivity index (χ0n) is 14.9. The summed E-state index contributed by atoms with van der Waals surface area (Å²) in [5.41, 5.74) is 5.46. The van der Waals surface area contributed by atoms with Crippen molar-refractivity contribution in [1.29, 1.82) is 0 Å². The molecular formula is C20H16N4O4. The van der Waals surface area contributed by atoms with Gasteiger partial charge in [0.1, 0.15) is 12.1 Å². The molecule has 0 fully saturated rings. The van der Waals surface area contributed by atoms with Crippen molar-refractivity contribution < 1.29 is 14.0 Å². The third kappa shape index (κ3) is 3.11. The van der Waals surface area contributed by atoms with Crippen molar-refractivity contribution in [2.75, 3.05) is 0 Å².